The summed E-state index contributed by atoms with van der Waals surface area (Å²) in [4.78, 5) is 4.35. The van der Waals surface area contributed by atoms with E-state index in [1.54, 1.807) is 7.05 Å². The predicted octanol–water partition coefficient (Wildman–Crippen LogP) is 4.37. The quantitative estimate of drug-likeness (QED) is 0.203. The summed E-state index contributed by atoms with van der Waals surface area (Å²) < 4.78 is 8.32. The second kappa shape index (κ2) is 13.5. The van der Waals surface area contributed by atoms with E-state index in [0.29, 0.717) is 13.1 Å². The highest BCUT2D eigenvalue weighted by Crippen LogP contribution is 2.21. The first-order chi connectivity index (χ1) is 14.7. The topological polar surface area (TPSA) is 76.4 Å². The zero-order valence-corrected chi connectivity index (χ0v) is 21.4. The molecule has 1 aromatic carbocycles. The number of benzene rings is 1. The summed E-state index contributed by atoms with van der Waals surface area (Å²) in [6, 6.07) is 6.38. The number of hydrogen-bond acceptors (Lipinski definition) is 4. The molecule has 0 unspecified atom stereocenters. The Morgan fingerprint density at radius 1 is 1.13 bits per heavy atom. The van der Waals surface area contributed by atoms with E-state index in [1.807, 2.05) is 0 Å². The highest BCUT2D eigenvalue weighted by molar-refractivity contribution is 14.0. The zero-order valence-electron chi connectivity index (χ0n) is 19.1. The van der Waals surface area contributed by atoms with Gasteiger partial charge in [-0.2, -0.15) is 0 Å². The Labute approximate surface area is 203 Å². The van der Waals surface area contributed by atoms with Crippen LogP contribution in [-0.2, 0) is 26.1 Å². The predicted molar refractivity (Wildman–Crippen MR) is 136 cm³/mol. The second-order valence-electron chi connectivity index (χ2n) is 7.94. The molecule has 0 radical (unpaired) electrons. The number of aromatic nitrogens is 3. The normalized spacial score (nSPS) is 13.3. The Kier molecular flexibility index (Phi) is 11.1. The number of guanidine groups is 1. The molecule has 2 N–H and O–H groups in total. The Morgan fingerprint density at radius 3 is 2.77 bits per heavy atom. The Bertz CT molecular complexity index is 835. The first-order valence-corrected chi connectivity index (χ1v) is 11.3. The van der Waals surface area contributed by atoms with E-state index in [2.05, 4.69) is 62.4 Å². The lowest BCUT2D eigenvalue weighted by atomic mass is 10.1. The molecule has 0 aliphatic carbocycles. The number of halogens is 1. The van der Waals surface area contributed by atoms with Gasteiger partial charge in [-0.05, 0) is 37.8 Å². The summed E-state index contributed by atoms with van der Waals surface area (Å²) in [5.41, 5.74) is 2.35. The van der Waals surface area contributed by atoms with E-state index in [-0.39, 0.29) is 24.0 Å². The van der Waals surface area contributed by atoms with E-state index >= 15 is 0 Å². The lowest BCUT2D eigenvalue weighted by Gasteiger charge is -2.17. The van der Waals surface area contributed by atoms with Gasteiger partial charge in [0.15, 0.2) is 11.8 Å². The summed E-state index contributed by atoms with van der Waals surface area (Å²) in [5, 5.41) is 15.4. The largest absolute Gasteiger partial charge is 0.493 e. The molecule has 8 heteroatoms. The third kappa shape index (κ3) is 7.66. The van der Waals surface area contributed by atoms with Gasteiger partial charge < -0.3 is 19.9 Å². The van der Waals surface area contributed by atoms with Crippen molar-refractivity contribution in [1.29, 1.82) is 0 Å². The molecule has 2 heterocycles. The van der Waals surface area contributed by atoms with E-state index < -0.39 is 0 Å². The van der Waals surface area contributed by atoms with Crippen LogP contribution in [0.4, 0.5) is 0 Å². The van der Waals surface area contributed by atoms with Gasteiger partial charge in [-0.1, -0.05) is 38.3 Å². The number of rotatable bonds is 10. The second-order valence-corrected chi connectivity index (χ2v) is 7.94. The highest BCUT2D eigenvalue weighted by atomic mass is 127. The summed E-state index contributed by atoms with van der Waals surface area (Å²) in [7, 11) is 1.79. The monoisotopic (exact) mass is 540 g/mol. The van der Waals surface area contributed by atoms with Crippen LogP contribution in [0.15, 0.2) is 23.2 Å². The van der Waals surface area contributed by atoms with Gasteiger partial charge in [0.2, 0.25) is 0 Å². The number of ether oxygens (including phenoxy) is 1. The molecule has 0 amide bonds. The SMILES string of the molecule is CCCCCCOc1cc(C)ccc1CNC(=NC)NCc1nnc2n1CCCC2.I. The Balaban J connectivity index is 0.00000341. The maximum absolute atomic E-state index is 6.09. The zero-order chi connectivity index (χ0) is 21.2. The van der Waals surface area contributed by atoms with Crippen molar-refractivity contribution in [3.05, 3.63) is 41.0 Å². The summed E-state index contributed by atoms with van der Waals surface area (Å²) in [6.45, 7) is 7.36. The van der Waals surface area contributed by atoms with Gasteiger partial charge in [0.25, 0.3) is 0 Å². The number of nitrogens with one attached hydrogen (secondary N) is 2. The molecular formula is C23H37IN6O. The fourth-order valence-corrected chi connectivity index (χ4v) is 3.71. The van der Waals surface area contributed by atoms with Gasteiger partial charge in [0.05, 0.1) is 13.2 Å². The van der Waals surface area contributed by atoms with Crippen molar-refractivity contribution in [2.75, 3.05) is 13.7 Å². The van der Waals surface area contributed by atoms with Crippen LogP contribution in [0.5, 0.6) is 5.75 Å². The molecule has 0 bridgehead atoms. The molecular weight excluding hydrogens is 503 g/mol. The fraction of sp³-hybridized carbons (Fsp3) is 0.609. The van der Waals surface area contributed by atoms with Crippen LogP contribution >= 0.6 is 24.0 Å². The van der Waals surface area contributed by atoms with Gasteiger partial charge in [0, 0.05) is 32.1 Å². The van der Waals surface area contributed by atoms with Crippen LogP contribution < -0.4 is 15.4 Å². The van der Waals surface area contributed by atoms with Crippen LogP contribution in [0, 0.1) is 6.92 Å². The standard InChI is InChI=1S/C23H36N6O.HI/c1-4-5-6-9-14-30-20-15-18(2)11-12-19(20)16-25-23(24-3)26-17-22-28-27-21-10-7-8-13-29(21)22;/h11-12,15H,4-10,13-14,16-17H2,1-3H3,(H2,24,25,26);1H. The van der Waals surface area contributed by atoms with Crippen molar-refractivity contribution in [2.24, 2.45) is 4.99 Å². The van der Waals surface area contributed by atoms with Gasteiger partial charge in [-0.25, -0.2) is 0 Å². The van der Waals surface area contributed by atoms with Crippen molar-refractivity contribution in [3.8, 4) is 5.75 Å². The third-order valence-electron chi connectivity index (χ3n) is 5.50. The summed E-state index contributed by atoms with van der Waals surface area (Å²) >= 11 is 0. The Hall–Kier alpha value is -1.84. The van der Waals surface area contributed by atoms with Crippen molar-refractivity contribution in [2.45, 2.75) is 78.4 Å². The van der Waals surface area contributed by atoms with Crippen LogP contribution in [0.3, 0.4) is 0 Å². The van der Waals surface area contributed by atoms with E-state index in [4.69, 9.17) is 4.74 Å². The van der Waals surface area contributed by atoms with Crippen molar-refractivity contribution in [1.82, 2.24) is 25.4 Å². The number of nitrogens with zero attached hydrogens (tertiary/aromatic N) is 4. The molecule has 0 saturated carbocycles. The number of fused-ring (bicyclic) bond motifs is 1. The highest BCUT2D eigenvalue weighted by Gasteiger charge is 2.15. The molecule has 0 atom stereocenters. The van der Waals surface area contributed by atoms with Crippen LogP contribution in [0.2, 0.25) is 0 Å². The number of hydrogen-bond donors (Lipinski definition) is 2. The molecule has 0 saturated heterocycles. The average molecular weight is 540 g/mol. The first-order valence-electron chi connectivity index (χ1n) is 11.3. The van der Waals surface area contributed by atoms with E-state index in [0.717, 1.165) is 54.9 Å². The van der Waals surface area contributed by atoms with Crippen LogP contribution in [0.1, 0.15) is 68.2 Å². The minimum absolute atomic E-state index is 0. The minimum Gasteiger partial charge on any atom is -0.493 e. The fourth-order valence-electron chi connectivity index (χ4n) is 3.71. The van der Waals surface area contributed by atoms with Gasteiger partial charge in [0.1, 0.15) is 11.6 Å². The molecule has 7 nitrogen and oxygen atoms in total. The van der Waals surface area contributed by atoms with Crippen LogP contribution in [0.25, 0.3) is 0 Å². The van der Waals surface area contributed by atoms with Gasteiger partial charge in [-0.15, -0.1) is 34.2 Å². The van der Waals surface area contributed by atoms with Crippen molar-refractivity contribution in [3.63, 3.8) is 0 Å². The molecule has 1 aromatic heterocycles. The minimum atomic E-state index is 0. The molecule has 31 heavy (non-hydrogen) atoms. The van der Waals surface area contributed by atoms with Crippen LogP contribution in [-0.4, -0.2) is 34.4 Å². The lowest BCUT2D eigenvalue weighted by Crippen LogP contribution is -2.37. The molecule has 0 fully saturated rings. The molecule has 0 spiro atoms. The van der Waals surface area contributed by atoms with E-state index in [9.17, 15) is 0 Å². The average Bonchev–Trinajstić information content (AvgIpc) is 3.18. The van der Waals surface area contributed by atoms with Crippen molar-refractivity contribution < 1.29 is 4.74 Å². The Morgan fingerprint density at radius 2 is 1.97 bits per heavy atom. The molecule has 3 rings (SSSR count). The molecule has 172 valence electrons. The summed E-state index contributed by atoms with van der Waals surface area (Å²) in [6.07, 6.45) is 8.24. The van der Waals surface area contributed by atoms with Crippen molar-refractivity contribution >= 4 is 29.9 Å². The lowest BCUT2D eigenvalue weighted by molar-refractivity contribution is 0.301. The number of aryl methyl sites for hydroxylation is 2. The smallest absolute Gasteiger partial charge is 0.191 e. The van der Waals surface area contributed by atoms with E-state index in [1.165, 1.54) is 37.7 Å². The molecule has 1 aliphatic rings. The molecule has 2 aromatic rings. The van der Waals surface area contributed by atoms with Gasteiger partial charge in [-0.3, -0.25) is 4.99 Å². The third-order valence-corrected chi connectivity index (χ3v) is 5.50. The maximum atomic E-state index is 6.09. The number of unbranched alkanes of at least 4 members (excludes halogenated alkanes) is 3. The number of aliphatic imine (C=N–C) groups is 1. The summed E-state index contributed by atoms with van der Waals surface area (Å²) in [5.74, 6) is 3.78. The van der Waals surface area contributed by atoms with Gasteiger partial charge >= 0.3 is 0 Å². The molecule has 1 aliphatic heterocycles. The first kappa shape index (κ1) is 25.4. The maximum Gasteiger partial charge on any atom is 0.191 e.